The largest absolute Gasteiger partial charge is 0.330 e. The summed E-state index contributed by atoms with van der Waals surface area (Å²) < 4.78 is 0. The van der Waals surface area contributed by atoms with E-state index in [-0.39, 0.29) is 0 Å². The Morgan fingerprint density at radius 3 is 2.17 bits per heavy atom. The summed E-state index contributed by atoms with van der Waals surface area (Å²) in [4.78, 5) is 0. The standard InChI is InChI=1S/C17H35N/c1-12(2)8-14(5)9-17-10-15(13(3)4)6-7-16(17)11-18/h12-17H,6-11,18H2,1-5H3. The second-order valence-electron chi connectivity index (χ2n) is 7.54. The first-order valence-corrected chi connectivity index (χ1v) is 8.14. The first-order chi connectivity index (χ1) is 8.43. The minimum Gasteiger partial charge on any atom is -0.330 e. The number of hydrogen-bond donors (Lipinski definition) is 1. The molecule has 1 aliphatic carbocycles. The van der Waals surface area contributed by atoms with E-state index in [1.165, 1.54) is 32.1 Å². The summed E-state index contributed by atoms with van der Waals surface area (Å²) in [6.45, 7) is 12.8. The summed E-state index contributed by atoms with van der Waals surface area (Å²) >= 11 is 0. The Labute approximate surface area is 115 Å². The molecule has 1 aliphatic rings. The van der Waals surface area contributed by atoms with Gasteiger partial charge in [-0.25, -0.2) is 0 Å². The van der Waals surface area contributed by atoms with E-state index in [2.05, 4.69) is 34.6 Å². The predicted molar refractivity (Wildman–Crippen MR) is 81.4 cm³/mol. The Morgan fingerprint density at radius 1 is 1.00 bits per heavy atom. The minimum atomic E-state index is 0.801. The Morgan fingerprint density at radius 2 is 1.67 bits per heavy atom. The third-order valence-corrected chi connectivity index (χ3v) is 5.00. The molecule has 18 heavy (non-hydrogen) atoms. The van der Waals surface area contributed by atoms with Gasteiger partial charge in [-0.3, -0.25) is 0 Å². The van der Waals surface area contributed by atoms with Crippen molar-refractivity contribution >= 4 is 0 Å². The van der Waals surface area contributed by atoms with Crippen molar-refractivity contribution in [3.63, 3.8) is 0 Å². The molecule has 0 spiro atoms. The number of rotatable bonds is 6. The SMILES string of the molecule is CC(C)CC(C)CC1CC(C(C)C)CCC1CN. The maximum absolute atomic E-state index is 5.99. The molecule has 0 heterocycles. The smallest absolute Gasteiger partial charge is 0.00462 e. The van der Waals surface area contributed by atoms with E-state index < -0.39 is 0 Å². The van der Waals surface area contributed by atoms with Crippen LogP contribution in [-0.4, -0.2) is 6.54 Å². The summed E-state index contributed by atoms with van der Waals surface area (Å²) in [7, 11) is 0. The minimum absolute atomic E-state index is 0.801. The fourth-order valence-electron chi connectivity index (χ4n) is 3.99. The van der Waals surface area contributed by atoms with Crippen molar-refractivity contribution in [1.82, 2.24) is 0 Å². The van der Waals surface area contributed by atoms with E-state index in [4.69, 9.17) is 5.73 Å². The topological polar surface area (TPSA) is 26.0 Å². The van der Waals surface area contributed by atoms with E-state index in [0.29, 0.717) is 0 Å². The molecule has 0 bridgehead atoms. The lowest BCUT2D eigenvalue weighted by Gasteiger charge is -2.39. The van der Waals surface area contributed by atoms with Gasteiger partial charge in [-0.05, 0) is 74.2 Å². The van der Waals surface area contributed by atoms with Crippen LogP contribution in [0.2, 0.25) is 0 Å². The molecule has 0 radical (unpaired) electrons. The zero-order valence-electron chi connectivity index (χ0n) is 13.3. The highest BCUT2D eigenvalue weighted by atomic mass is 14.6. The molecule has 1 heteroatoms. The first-order valence-electron chi connectivity index (χ1n) is 8.14. The van der Waals surface area contributed by atoms with E-state index >= 15 is 0 Å². The van der Waals surface area contributed by atoms with Crippen molar-refractivity contribution < 1.29 is 0 Å². The van der Waals surface area contributed by atoms with Crippen LogP contribution in [0.1, 0.15) is 66.7 Å². The van der Waals surface area contributed by atoms with Gasteiger partial charge in [0.2, 0.25) is 0 Å². The van der Waals surface area contributed by atoms with Crippen LogP contribution in [0.3, 0.4) is 0 Å². The Kier molecular flexibility index (Phi) is 6.70. The van der Waals surface area contributed by atoms with Crippen LogP contribution < -0.4 is 5.73 Å². The van der Waals surface area contributed by atoms with E-state index in [1.54, 1.807) is 0 Å². The van der Waals surface area contributed by atoms with Gasteiger partial charge in [-0.15, -0.1) is 0 Å². The Bertz CT molecular complexity index is 222. The summed E-state index contributed by atoms with van der Waals surface area (Å²) in [6, 6.07) is 0. The van der Waals surface area contributed by atoms with Crippen LogP contribution >= 0.6 is 0 Å². The second-order valence-corrected chi connectivity index (χ2v) is 7.54. The lowest BCUT2D eigenvalue weighted by molar-refractivity contribution is 0.127. The lowest BCUT2D eigenvalue weighted by atomic mass is 9.68. The van der Waals surface area contributed by atoms with E-state index in [0.717, 1.165) is 42.1 Å². The molecule has 1 nitrogen and oxygen atoms in total. The molecule has 0 aliphatic heterocycles. The normalized spacial score (nSPS) is 31.0. The molecule has 4 unspecified atom stereocenters. The van der Waals surface area contributed by atoms with Crippen LogP contribution in [0.4, 0.5) is 0 Å². The predicted octanol–water partition coefficient (Wildman–Crippen LogP) is 4.71. The van der Waals surface area contributed by atoms with Crippen molar-refractivity contribution in [1.29, 1.82) is 0 Å². The van der Waals surface area contributed by atoms with Gasteiger partial charge in [-0.2, -0.15) is 0 Å². The van der Waals surface area contributed by atoms with Crippen molar-refractivity contribution in [2.24, 2.45) is 41.2 Å². The van der Waals surface area contributed by atoms with Crippen LogP contribution in [0.5, 0.6) is 0 Å². The van der Waals surface area contributed by atoms with Gasteiger partial charge >= 0.3 is 0 Å². The lowest BCUT2D eigenvalue weighted by Crippen LogP contribution is -2.33. The molecule has 4 atom stereocenters. The van der Waals surface area contributed by atoms with Gasteiger partial charge in [0.1, 0.15) is 0 Å². The average molecular weight is 253 g/mol. The van der Waals surface area contributed by atoms with Crippen LogP contribution in [-0.2, 0) is 0 Å². The molecule has 1 saturated carbocycles. The van der Waals surface area contributed by atoms with Gasteiger partial charge in [0.15, 0.2) is 0 Å². The fraction of sp³-hybridized carbons (Fsp3) is 1.00. The second kappa shape index (κ2) is 7.53. The zero-order chi connectivity index (χ0) is 13.7. The zero-order valence-corrected chi connectivity index (χ0v) is 13.3. The first kappa shape index (κ1) is 16.0. The summed E-state index contributed by atoms with van der Waals surface area (Å²) in [6.07, 6.45) is 7.00. The molecular weight excluding hydrogens is 218 g/mol. The van der Waals surface area contributed by atoms with Gasteiger partial charge in [0.25, 0.3) is 0 Å². The summed E-state index contributed by atoms with van der Waals surface area (Å²) in [5, 5.41) is 0. The van der Waals surface area contributed by atoms with Crippen molar-refractivity contribution in [2.75, 3.05) is 6.54 Å². The highest BCUT2D eigenvalue weighted by Gasteiger charge is 2.31. The average Bonchev–Trinajstić information content (AvgIpc) is 2.27. The molecule has 0 aromatic carbocycles. The van der Waals surface area contributed by atoms with E-state index in [9.17, 15) is 0 Å². The maximum Gasteiger partial charge on any atom is -0.00462 e. The summed E-state index contributed by atoms with van der Waals surface area (Å²) in [5.41, 5.74) is 5.99. The number of hydrogen-bond acceptors (Lipinski definition) is 1. The molecule has 2 N–H and O–H groups in total. The molecule has 0 amide bonds. The van der Waals surface area contributed by atoms with E-state index in [1.807, 2.05) is 0 Å². The van der Waals surface area contributed by atoms with Crippen molar-refractivity contribution in [3.05, 3.63) is 0 Å². The molecule has 0 aromatic rings. The molecular formula is C17H35N. The van der Waals surface area contributed by atoms with Crippen LogP contribution in [0.25, 0.3) is 0 Å². The Balaban J connectivity index is 2.52. The van der Waals surface area contributed by atoms with Crippen LogP contribution in [0.15, 0.2) is 0 Å². The van der Waals surface area contributed by atoms with Gasteiger partial charge in [0, 0.05) is 0 Å². The fourth-order valence-corrected chi connectivity index (χ4v) is 3.99. The molecule has 1 rings (SSSR count). The highest BCUT2D eigenvalue weighted by Crippen LogP contribution is 2.40. The maximum atomic E-state index is 5.99. The molecule has 108 valence electrons. The molecule has 1 fully saturated rings. The monoisotopic (exact) mass is 253 g/mol. The highest BCUT2D eigenvalue weighted by molar-refractivity contribution is 4.83. The van der Waals surface area contributed by atoms with Gasteiger partial charge in [0.05, 0.1) is 0 Å². The van der Waals surface area contributed by atoms with Gasteiger partial charge < -0.3 is 5.73 Å². The molecule has 0 saturated heterocycles. The van der Waals surface area contributed by atoms with Crippen molar-refractivity contribution in [3.8, 4) is 0 Å². The van der Waals surface area contributed by atoms with Crippen LogP contribution in [0, 0.1) is 35.5 Å². The molecule has 0 aromatic heterocycles. The number of nitrogens with two attached hydrogens (primary N) is 1. The Hall–Kier alpha value is -0.0400. The van der Waals surface area contributed by atoms with Gasteiger partial charge in [-0.1, -0.05) is 34.6 Å². The quantitative estimate of drug-likeness (QED) is 0.729. The summed E-state index contributed by atoms with van der Waals surface area (Å²) in [5.74, 6) is 5.20. The third kappa shape index (κ3) is 4.91. The van der Waals surface area contributed by atoms with Crippen molar-refractivity contribution in [2.45, 2.75) is 66.7 Å². The third-order valence-electron chi connectivity index (χ3n) is 5.00.